The van der Waals surface area contributed by atoms with E-state index in [1.165, 1.54) is 0 Å². The molecule has 0 unspecified atom stereocenters. The van der Waals surface area contributed by atoms with Gasteiger partial charge in [0.25, 0.3) is 0 Å². The molecule has 4 heteroatoms. The van der Waals surface area contributed by atoms with Crippen molar-refractivity contribution in [2.75, 3.05) is 20.3 Å². The number of esters is 1. The number of carbonyl (C=O) groups excluding carboxylic acids is 1. The summed E-state index contributed by atoms with van der Waals surface area (Å²) in [6, 6.07) is 16.0. The number of rotatable bonds is 11. The van der Waals surface area contributed by atoms with Crippen molar-refractivity contribution in [2.24, 2.45) is 0 Å². The fourth-order valence-electron chi connectivity index (χ4n) is 2.65. The summed E-state index contributed by atoms with van der Waals surface area (Å²) in [5, 5.41) is 0. The lowest BCUT2D eigenvalue weighted by Gasteiger charge is -2.10. The number of methoxy groups -OCH3 is 1. The minimum absolute atomic E-state index is 0.310. The predicted octanol–water partition coefficient (Wildman–Crippen LogP) is 5.42. The van der Waals surface area contributed by atoms with Crippen LogP contribution in [0.5, 0.6) is 11.5 Å². The molecular formula is C23H28O4. The highest BCUT2D eigenvalue weighted by molar-refractivity contribution is 5.86. The summed E-state index contributed by atoms with van der Waals surface area (Å²) in [7, 11) is 1.68. The van der Waals surface area contributed by atoms with Gasteiger partial charge in [0.1, 0.15) is 11.5 Å². The molecule has 0 spiro atoms. The molecule has 144 valence electrons. The second-order valence-corrected chi connectivity index (χ2v) is 6.40. The first kappa shape index (κ1) is 20.6. The van der Waals surface area contributed by atoms with Gasteiger partial charge in [0, 0.05) is 11.1 Å². The van der Waals surface area contributed by atoms with E-state index >= 15 is 0 Å². The van der Waals surface area contributed by atoms with Gasteiger partial charge in [-0.1, -0.05) is 36.9 Å². The van der Waals surface area contributed by atoms with Crippen molar-refractivity contribution < 1.29 is 19.0 Å². The number of para-hydroxylation sites is 1. The molecule has 2 rings (SSSR count). The zero-order valence-corrected chi connectivity index (χ0v) is 16.2. The van der Waals surface area contributed by atoms with E-state index in [9.17, 15) is 4.79 Å². The van der Waals surface area contributed by atoms with E-state index in [1.54, 1.807) is 14.0 Å². The third-order valence-electron chi connectivity index (χ3n) is 4.16. The highest BCUT2D eigenvalue weighted by atomic mass is 16.5. The van der Waals surface area contributed by atoms with Crippen molar-refractivity contribution in [3.63, 3.8) is 0 Å². The predicted molar refractivity (Wildman–Crippen MR) is 108 cm³/mol. The van der Waals surface area contributed by atoms with Gasteiger partial charge in [-0.05, 0) is 56.4 Å². The largest absolute Gasteiger partial charge is 0.496 e. The maximum atomic E-state index is 11.2. The first-order valence-corrected chi connectivity index (χ1v) is 9.30. The van der Waals surface area contributed by atoms with Gasteiger partial charge in [-0.2, -0.15) is 0 Å². The van der Waals surface area contributed by atoms with Gasteiger partial charge in [0.05, 0.1) is 20.3 Å². The molecule has 0 N–H and O–H groups in total. The molecule has 27 heavy (non-hydrogen) atoms. The number of hydrogen-bond acceptors (Lipinski definition) is 4. The third kappa shape index (κ3) is 6.81. The van der Waals surface area contributed by atoms with Crippen LogP contribution in [0.4, 0.5) is 0 Å². The van der Waals surface area contributed by atoms with E-state index in [-0.39, 0.29) is 5.97 Å². The second-order valence-electron chi connectivity index (χ2n) is 6.40. The molecule has 2 aromatic rings. The Morgan fingerprint density at radius 1 is 0.926 bits per heavy atom. The SMILES string of the molecule is C=C(C)C(=O)OCCCCCCOc1ccc(-c2ccccc2OC)cc1. The van der Waals surface area contributed by atoms with E-state index in [2.05, 4.69) is 6.58 Å². The molecule has 2 aromatic carbocycles. The number of benzene rings is 2. The molecule has 0 aliphatic heterocycles. The van der Waals surface area contributed by atoms with Crippen LogP contribution in [-0.2, 0) is 9.53 Å². The van der Waals surface area contributed by atoms with E-state index < -0.39 is 0 Å². The quantitative estimate of drug-likeness (QED) is 0.302. The van der Waals surface area contributed by atoms with Crippen LogP contribution in [0.2, 0.25) is 0 Å². The molecule has 0 atom stereocenters. The van der Waals surface area contributed by atoms with E-state index in [4.69, 9.17) is 14.2 Å². The Balaban J connectivity index is 1.66. The Morgan fingerprint density at radius 3 is 2.26 bits per heavy atom. The molecule has 0 aliphatic rings. The standard InChI is InChI=1S/C23H28O4/c1-18(2)23(24)27-17-9-5-4-8-16-26-20-14-12-19(13-15-20)21-10-6-7-11-22(21)25-3/h6-7,10-15H,1,4-5,8-9,16-17H2,2-3H3. The summed E-state index contributed by atoms with van der Waals surface area (Å²) >= 11 is 0. The van der Waals surface area contributed by atoms with Gasteiger partial charge < -0.3 is 14.2 Å². The van der Waals surface area contributed by atoms with Gasteiger partial charge in [0.15, 0.2) is 0 Å². The summed E-state index contributed by atoms with van der Waals surface area (Å²) < 4.78 is 16.3. The van der Waals surface area contributed by atoms with Crippen LogP contribution >= 0.6 is 0 Å². The Morgan fingerprint density at radius 2 is 1.59 bits per heavy atom. The summed E-state index contributed by atoms with van der Waals surface area (Å²) in [6.07, 6.45) is 3.90. The average molecular weight is 368 g/mol. The number of carbonyl (C=O) groups is 1. The van der Waals surface area contributed by atoms with Crippen LogP contribution in [0.1, 0.15) is 32.6 Å². The number of ether oxygens (including phenoxy) is 3. The van der Waals surface area contributed by atoms with Crippen LogP contribution in [0.3, 0.4) is 0 Å². The minimum Gasteiger partial charge on any atom is -0.496 e. The highest BCUT2D eigenvalue weighted by Gasteiger charge is 2.05. The van der Waals surface area contributed by atoms with Crippen molar-refractivity contribution in [3.05, 3.63) is 60.7 Å². The highest BCUT2D eigenvalue weighted by Crippen LogP contribution is 2.30. The molecule has 0 fully saturated rings. The molecule has 0 bridgehead atoms. The molecule has 4 nitrogen and oxygen atoms in total. The average Bonchev–Trinajstić information content (AvgIpc) is 2.70. The maximum Gasteiger partial charge on any atom is 0.333 e. The third-order valence-corrected chi connectivity index (χ3v) is 4.16. The van der Waals surface area contributed by atoms with E-state index in [0.29, 0.717) is 18.8 Å². The smallest absolute Gasteiger partial charge is 0.333 e. The molecular weight excluding hydrogens is 340 g/mol. The number of unbranched alkanes of at least 4 members (excludes halogenated alkanes) is 3. The zero-order valence-electron chi connectivity index (χ0n) is 16.2. The Kier molecular flexibility index (Phi) is 8.43. The molecule has 0 aliphatic carbocycles. The topological polar surface area (TPSA) is 44.8 Å². The minimum atomic E-state index is -0.310. The monoisotopic (exact) mass is 368 g/mol. The Bertz CT molecular complexity index is 734. The fraction of sp³-hybridized carbons (Fsp3) is 0.348. The van der Waals surface area contributed by atoms with Gasteiger partial charge in [0.2, 0.25) is 0 Å². The van der Waals surface area contributed by atoms with Crippen LogP contribution < -0.4 is 9.47 Å². The van der Waals surface area contributed by atoms with Gasteiger partial charge in [-0.3, -0.25) is 0 Å². The lowest BCUT2D eigenvalue weighted by Crippen LogP contribution is -2.06. The summed E-state index contributed by atoms with van der Waals surface area (Å²) in [6.45, 7) is 6.35. The molecule has 0 saturated heterocycles. The maximum absolute atomic E-state index is 11.2. The molecule has 0 saturated carbocycles. The van der Waals surface area contributed by atoms with Crippen LogP contribution in [0, 0.1) is 0 Å². The Hall–Kier alpha value is -2.75. The van der Waals surface area contributed by atoms with Crippen molar-refractivity contribution in [3.8, 4) is 22.6 Å². The first-order valence-electron chi connectivity index (χ1n) is 9.30. The fourth-order valence-corrected chi connectivity index (χ4v) is 2.65. The summed E-state index contributed by atoms with van der Waals surface area (Å²) in [5.74, 6) is 1.42. The van der Waals surface area contributed by atoms with Gasteiger partial charge in [-0.15, -0.1) is 0 Å². The van der Waals surface area contributed by atoms with Crippen LogP contribution in [-0.4, -0.2) is 26.3 Å². The first-order chi connectivity index (χ1) is 13.1. The normalized spacial score (nSPS) is 10.3. The van der Waals surface area contributed by atoms with Crippen molar-refractivity contribution in [1.82, 2.24) is 0 Å². The summed E-state index contributed by atoms with van der Waals surface area (Å²) in [4.78, 5) is 11.2. The molecule has 0 heterocycles. The molecule has 0 aromatic heterocycles. The van der Waals surface area contributed by atoms with Crippen molar-refractivity contribution >= 4 is 5.97 Å². The van der Waals surface area contributed by atoms with Crippen molar-refractivity contribution in [1.29, 1.82) is 0 Å². The zero-order chi connectivity index (χ0) is 19.5. The Labute approximate surface area is 161 Å². The van der Waals surface area contributed by atoms with Gasteiger partial charge >= 0.3 is 5.97 Å². The molecule has 0 radical (unpaired) electrons. The van der Waals surface area contributed by atoms with Crippen LogP contribution in [0.25, 0.3) is 11.1 Å². The number of hydrogen-bond donors (Lipinski definition) is 0. The summed E-state index contributed by atoms with van der Waals surface area (Å²) in [5.41, 5.74) is 2.61. The van der Waals surface area contributed by atoms with E-state index in [0.717, 1.165) is 48.3 Å². The lowest BCUT2D eigenvalue weighted by atomic mass is 10.0. The van der Waals surface area contributed by atoms with Crippen molar-refractivity contribution in [2.45, 2.75) is 32.6 Å². The lowest BCUT2D eigenvalue weighted by molar-refractivity contribution is -0.139. The second kappa shape index (κ2) is 11.1. The van der Waals surface area contributed by atoms with E-state index in [1.807, 2.05) is 48.5 Å². The van der Waals surface area contributed by atoms with Gasteiger partial charge in [-0.25, -0.2) is 4.79 Å². The molecule has 0 amide bonds. The van der Waals surface area contributed by atoms with Crippen LogP contribution in [0.15, 0.2) is 60.7 Å².